The fourth-order valence-electron chi connectivity index (χ4n) is 2.49. The van der Waals surface area contributed by atoms with Gasteiger partial charge in [-0.25, -0.2) is 4.68 Å². The normalized spacial score (nSPS) is 23.1. The molecule has 0 unspecified atom stereocenters. The Morgan fingerprint density at radius 2 is 2.05 bits per heavy atom. The fourth-order valence-corrected chi connectivity index (χ4v) is 2.49. The van der Waals surface area contributed by atoms with E-state index in [9.17, 15) is 4.79 Å². The SMILES string of the molecule is C[C@H]1[C@@H](c2ccccc2)OCc2cn(nn2)CC(=O)N1C. The summed E-state index contributed by atoms with van der Waals surface area (Å²) in [5.41, 5.74) is 1.79. The molecule has 2 aromatic rings. The van der Waals surface area contributed by atoms with Crippen LogP contribution in [0.2, 0.25) is 0 Å². The smallest absolute Gasteiger partial charge is 0.244 e. The third-order valence-electron chi connectivity index (χ3n) is 3.86. The number of aromatic nitrogens is 3. The van der Waals surface area contributed by atoms with E-state index in [1.807, 2.05) is 37.3 Å². The number of hydrogen-bond donors (Lipinski definition) is 0. The van der Waals surface area contributed by atoms with Crippen molar-refractivity contribution in [3.63, 3.8) is 0 Å². The molecule has 21 heavy (non-hydrogen) atoms. The molecule has 6 heteroatoms. The molecule has 1 aromatic heterocycles. The fraction of sp³-hybridized carbons (Fsp3) is 0.400. The monoisotopic (exact) mass is 286 g/mol. The summed E-state index contributed by atoms with van der Waals surface area (Å²) in [5, 5.41) is 7.98. The molecule has 1 amide bonds. The van der Waals surface area contributed by atoms with Crippen LogP contribution in [0.3, 0.4) is 0 Å². The van der Waals surface area contributed by atoms with Gasteiger partial charge < -0.3 is 9.64 Å². The summed E-state index contributed by atoms with van der Waals surface area (Å²) in [6, 6.07) is 9.88. The Labute approximate surface area is 123 Å². The molecule has 2 atom stereocenters. The molecule has 3 rings (SSSR count). The van der Waals surface area contributed by atoms with Crippen molar-refractivity contribution in [2.75, 3.05) is 7.05 Å². The minimum atomic E-state index is -0.191. The number of amides is 1. The van der Waals surface area contributed by atoms with Crippen molar-refractivity contribution in [2.45, 2.75) is 32.2 Å². The first-order valence-electron chi connectivity index (χ1n) is 6.96. The van der Waals surface area contributed by atoms with Gasteiger partial charge >= 0.3 is 0 Å². The van der Waals surface area contributed by atoms with Crippen LogP contribution < -0.4 is 0 Å². The van der Waals surface area contributed by atoms with Crippen LogP contribution in [0.5, 0.6) is 0 Å². The number of fused-ring (bicyclic) bond motifs is 2. The van der Waals surface area contributed by atoms with E-state index in [-0.39, 0.29) is 24.6 Å². The lowest BCUT2D eigenvalue weighted by molar-refractivity contribution is -0.136. The van der Waals surface area contributed by atoms with Crippen LogP contribution in [0.4, 0.5) is 0 Å². The summed E-state index contributed by atoms with van der Waals surface area (Å²) in [6.07, 6.45) is 1.56. The second kappa shape index (κ2) is 5.65. The number of nitrogens with zero attached hydrogens (tertiary/aromatic N) is 4. The minimum Gasteiger partial charge on any atom is -0.365 e. The Bertz CT molecular complexity index is 626. The highest BCUT2D eigenvalue weighted by molar-refractivity contribution is 5.76. The van der Waals surface area contributed by atoms with Crippen molar-refractivity contribution >= 4 is 5.91 Å². The van der Waals surface area contributed by atoms with Gasteiger partial charge in [-0.2, -0.15) is 0 Å². The minimum absolute atomic E-state index is 0.00891. The molecule has 6 nitrogen and oxygen atoms in total. The van der Waals surface area contributed by atoms with Crippen molar-refractivity contribution in [1.82, 2.24) is 19.9 Å². The molecular weight excluding hydrogens is 268 g/mol. The van der Waals surface area contributed by atoms with Crippen LogP contribution in [0, 0.1) is 0 Å². The average molecular weight is 286 g/mol. The number of carbonyl (C=O) groups excluding carboxylic acids is 1. The summed E-state index contributed by atoms with van der Waals surface area (Å²) in [5.74, 6) is -0.00891. The maximum atomic E-state index is 12.3. The van der Waals surface area contributed by atoms with Crippen LogP contribution in [-0.4, -0.2) is 38.9 Å². The maximum absolute atomic E-state index is 12.3. The lowest BCUT2D eigenvalue weighted by atomic mass is 10.0. The van der Waals surface area contributed by atoms with Gasteiger partial charge in [0.1, 0.15) is 18.3 Å². The first kappa shape index (κ1) is 13.8. The van der Waals surface area contributed by atoms with Gasteiger partial charge in [-0.15, -0.1) is 5.10 Å². The highest BCUT2D eigenvalue weighted by Gasteiger charge is 2.28. The van der Waals surface area contributed by atoms with Crippen LogP contribution in [0.1, 0.15) is 24.3 Å². The predicted molar refractivity (Wildman–Crippen MR) is 76.2 cm³/mol. The summed E-state index contributed by atoms with van der Waals surface area (Å²) >= 11 is 0. The van der Waals surface area contributed by atoms with E-state index in [2.05, 4.69) is 10.3 Å². The summed E-state index contributed by atoms with van der Waals surface area (Å²) in [6.45, 7) is 2.58. The van der Waals surface area contributed by atoms with Gasteiger partial charge in [0.15, 0.2) is 0 Å². The molecule has 0 aliphatic carbocycles. The van der Waals surface area contributed by atoms with Gasteiger partial charge in [0.25, 0.3) is 0 Å². The number of ether oxygens (including phenoxy) is 1. The summed E-state index contributed by atoms with van der Waals surface area (Å²) < 4.78 is 7.57. The number of benzene rings is 1. The van der Waals surface area contributed by atoms with Crippen LogP contribution >= 0.6 is 0 Å². The average Bonchev–Trinajstić information content (AvgIpc) is 2.94. The molecule has 0 saturated heterocycles. The zero-order chi connectivity index (χ0) is 14.8. The Hall–Kier alpha value is -2.21. The third kappa shape index (κ3) is 2.80. The van der Waals surface area contributed by atoms with Gasteiger partial charge in [0.05, 0.1) is 18.8 Å². The lowest BCUT2D eigenvalue weighted by Crippen LogP contribution is -2.41. The Balaban J connectivity index is 1.94. The summed E-state index contributed by atoms with van der Waals surface area (Å²) in [4.78, 5) is 14.0. The number of carbonyl (C=O) groups is 1. The van der Waals surface area contributed by atoms with E-state index in [1.54, 1.807) is 22.8 Å². The number of rotatable bonds is 1. The quantitative estimate of drug-likeness (QED) is 0.795. The molecule has 0 N–H and O–H groups in total. The third-order valence-corrected chi connectivity index (χ3v) is 3.86. The van der Waals surface area contributed by atoms with Crippen LogP contribution in [0.15, 0.2) is 36.5 Å². The maximum Gasteiger partial charge on any atom is 0.244 e. The first-order chi connectivity index (χ1) is 10.1. The highest BCUT2D eigenvalue weighted by Crippen LogP contribution is 2.26. The highest BCUT2D eigenvalue weighted by atomic mass is 16.5. The molecule has 1 aliphatic heterocycles. The van der Waals surface area contributed by atoms with Gasteiger partial charge in [0, 0.05) is 7.05 Å². The van der Waals surface area contributed by atoms with Gasteiger partial charge in [-0.1, -0.05) is 35.5 Å². The Morgan fingerprint density at radius 3 is 2.81 bits per heavy atom. The van der Waals surface area contributed by atoms with Gasteiger partial charge in [-0.05, 0) is 12.5 Å². The van der Waals surface area contributed by atoms with E-state index in [0.29, 0.717) is 6.61 Å². The van der Waals surface area contributed by atoms with Crippen LogP contribution in [0.25, 0.3) is 0 Å². The zero-order valence-corrected chi connectivity index (χ0v) is 12.1. The van der Waals surface area contributed by atoms with Crippen molar-refractivity contribution < 1.29 is 9.53 Å². The predicted octanol–water partition coefficient (Wildman–Crippen LogP) is 1.40. The number of likely N-dealkylation sites (N-methyl/N-ethyl adjacent to an activating group) is 1. The van der Waals surface area contributed by atoms with Gasteiger partial charge in [-0.3, -0.25) is 4.79 Å². The largest absolute Gasteiger partial charge is 0.365 e. The molecule has 0 saturated carbocycles. The molecule has 0 spiro atoms. The van der Waals surface area contributed by atoms with E-state index in [4.69, 9.17) is 4.74 Å². The molecule has 110 valence electrons. The van der Waals surface area contributed by atoms with E-state index in [0.717, 1.165) is 11.3 Å². The molecule has 1 aliphatic rings. The van der Waals surface area contributed by atoms with Crippen molar-refractivity contribution in [3.8, 4) is 0 Å². The summed E-state index contributed by atoms with van der Waals surface area (Å²) in [7, 11) is 1.80. The molecule has 2 heterocycles. The second-order valence-electron chi connectivity index (χ2n) is 5.29. The van der Waals surface area contributed by atoms with Gasteiger partial charge in [0.2, 0.25) is 5.91 Å². The zero-order valence-electron chi connectivity index (χ0n) is 12.1. The lowest BCUT2D eigenvalue weighted by Gasteiger charge is -2.32. The number of hydrogen-bond acceptors (Lipinski definition) is 4. The van der Waals surface area contributed by atoms with E-state index < -0.39 is 0 Å². The standard InChI is InChI=1S/C15H18N4O2/c1-11-15(12-6-4-3-5-7-12)21-10-13-8-19(17-16-13)9-14(20)18(11)2/h3-8,11,15H,9-10H2,1-2H3/t11-,15-/m0/s1. The second-order valence-corrected chi connectivity index (χ2v) is 5.29. The van der Waals surface area contributed by atoms with Crippen molar-refractivity contribution in [1.29, 1.82) is 0 Å². The van der Waals surface area contributed by atoms with E-state index in [1.165, 1.54) is 0 Å². The Kier molecular flexibility index (Phi) is 3.70. The van der Waals surface area contributed by atoms with Crippen molar-refractivity contribution in [3.05, 3.63) is 47.8 Å². The topological polar surface area (TPSA) is 60.2 Å². The van der Waals surface area contributed by atoms with E-state index >= 15 is 0 Å². The molecule has 2 bridgehead atoms. The first-order valence-corrected chi connectivity index (χ1v) is 6.96. The Morgan fingerprint density at radius 1 is 1.29 bits per heavy atom. The molecule has 0 fully saturated rings. The molecule has 0 radical (unpaired) electrons. The van der Waals surface area contributed by atoms with Crippen LogP contribution in [-0.2, 0) is 22.7 Å². The molecular formula is C15H18N4O2. The van der Waals surface area contributed by atoms with Crippen molar-refractivity contribution in [2.24, 2.45) is 0 Å². The molecule has 1 aromatic carbocycles.